The summed E-state index contributed by atoms with van der Waals surface area (Å²) in [5, 5.41) is 3.66. The first-order valence-electron chi connectivity index (χ1n) is 8.42. The van der Waals surface area contributed by atoms with Crippen LogP contribution in [-0.2, 0) is 6.54 Å². The lowest BCUT2D eigenvalue weighted by atomic mass is 10.1. The normalized spacial score (nSPS) is 27.1. The summed E-state index contributed by atoms with van der Waals surface area (Å²) in [6.45, 7) is 4.89. The fourth-order valence-electron chi connectivity index (χ4n) is 3.55. The average molecular weight is 270 g/mol. The standard InChI is InChI=1S/C18H26N2/c1-3-16(17-5-6-17)4-2-14(1)11-19-12-15-9-10-20(13-15)18-7-8-18/h1-4,15,17-19H,5-13H2. The molecule has 0 amide bonds. The largest absolute Gasteiger partial charge is 0.312 e. The van der Waals surface area contributed by atoms with Gasteiger partial charge < -0.3 is 10.2 Å². The van der Waals surface area contributed by atoms with Crippen LogP contribution in [-0.4, -0.2) is 30.6 Å². The van der Waals surface area contributed by atoms with E-state index in [1.54, 1.807) is 5.56 Å². The smallest absolute Gasteiger partial charge is 0.0205 e. The van der Waals surface area contributed by atoms with E-state index in [-0.39, 0.29) is 0 Å². The second-order valence-electron chi connectivity index (χ2n) is 7.03. The molecule has 0 aromatic heterocycles. The maximum atomic E-state index is 3.66. The van der Waals surface area contributed by atoms with E-state index in [0.717, 1.165) is 24.4 Å². The van der Waals surface area contributed by atoms with Gasteiger partial charge in [-0.25, -0.2) is 0 Å². The molecule has 4 rings (SSSR count). The van der Waals surface area contributed by atoms with Gasteiger partial charge in [0.2, 0.25) is 0 Å². The van der Waals surface area contributed by atoms with Crippen LogP contribution in [0.25, 0.3) is 0 Å². The SMILES string of the molecule is c1cc(C2CC2)ccc1CNCC1CCN(C2CC2)C1. The summed E-state index contributed by atoms with van der Waals surface area (Å²) in [6.07, 6.45) is 7.10. The van der Waals surface area contributed by atoms with Gasteiger partial charge in [0.15, 0.2) is 0 Å². The average Bonchev–Trinajstić information content (AvgIpc) is 3.39. The highest BCUT2D eigenvalue weighted by Gasteiger charge is 2.33. The molecule has 2 heteroatoms. The Balaban J connectivity index is 1.20. The molecule has 1 saturated heterocycles. The first-order chi connectivity index (χ1) is 9.88. The van der Waals surface area contributed by atoms with Crippen molar-refractivity contribution < 1.29 is 0 Å². The molecular weight excluding hydrogens is 244 g/mol. The van der Waals surface area contributed by atoms with Crippen LogP contribution in [0, 0.1) is 5.92 Å². The first-order valence-corrected chi connectivity index (χ1v) is 8.42. The molecule has 2 aliphatic carbocycles. The van der Waals surface area contributed by atoms with Gasteiger partial charge in [-0.3, -0.25) is 0 Å². The highest BCUT2D eigenvalue weighted by Crippen LogP contribution is 2.39. The lowest BCUT2D eigenvalue weighted by Crippen LogP contribution is -2.27. The zero-order valence-corrected chi connectivity index (χ0v) is 12.4. The van der Waals surface area contributed by atoms with Gasteiger partial charge in [-0.1, -0.05) is 24.3 Å². The Kier molecular flexibility index (Phi) is 3.53. The predicted octanol–water partition coefficient (Wildman–Crippen LogP) is 3.14. The Morgan fingerprint density at radius 3 is 2.50 bits per heavy atom. The van der Waals surface area contributed by atoms with Gasteiger partial charge in [-0.05, 0) is 68.2 Å². The van der Waals surface area contributed by atoms with Crippen LogP contribution in [0.5, 0.6) is 0 Å². The van der Waals surface area contributed by atoms with Crippen LogP contribution in [0.3, 0.4) is 0 Å². The third-order valence-corrected chi connectivity index (χ3v) is 5.17. The molecular formula is C18H26N2. The molecule has 1 aliphatic heterocycles. The summed E-state index contributed by atoms with van der Waals surface area (Å²) in [5.74, 6) is 1.75. The Morgan fingerprint density at radius 1 is 1.00 bits per heavy atom. The summed E-state index contributed by atoms with van der Waals surface area (Å²) in [6, 6.07) is 10.2. The van der Waals surface area contributed by atoms with Crippen molar-refractivity contribution in [1.82, 2.24) is 10.2 Å². The number of likely N-dealkylation sites (tertiary alicyclic amines) is 1. The van der Waals surface area contributed by atoms with Gasteiger partial charge in [0, 0.05) is 19.1 Å². The van der Waals surface area contributed by atoms with Gasteiger partial charge in [0.25, 0.3) is 0 Å². The number of hydrogen-bond acceptors (Lipinski definition) is 2. The zero-order chi connectivity index (χ0) is 13.4. The van der Waals surface area contributed by atoms with Gasteiger partial charge in [-0.2, -0.15) is 0 Å². The van der Waals surface area contributed by atoms with Crippen LogP contribution in [0.15, 0.2) is 24.3 Å². The molecule has 3 aliphatic rings. The topological polar surface area (TPSA) is 15.3 Å². The number of nitrogens with zero attached hydrogens (tertiary/aromatic N) is 1. The molecule has 1 unspecified atom stereocenters. The summed E-state index contributed by atoms with van der Waals surface area (Å²) < 4.78 is 0. The molecule has 3 fully saturated rings. The Labute approximate surface area is 122 Å². The molecule has 1 atom stereocenters. The quantitative estimate of drug-likeness (QED) is 0.854. The van der Waals surface area contributed by atoms with E-state index >= 15 is 0 Å². The number of nitrogens with one attached hydrogen (secondary N) is 1. The van der Waals surface area contributed by atoms with Crippen LogP contribution >= 0.6 is 0 Å². The molecule has 1 aromatic carbocycles. The van der Waals surface area contributed by atoms with E-state index in [1.165, 1.54) is 57.3 Å². The summed E-state index contributed by atoms with van der Waals surface area (Å²) in [4.78, 5) is 2.71. The van der Waals surface area contributed by atoms with E-state index in [9.17, 15) is 0 Å². The molecule has 1 N–H and O–H groups in total. The van der Waals surface area contributed by atoms with E-state index in [2.05, 4.69) is 34.5 Å². The molecule has 2 nitrogen and oxygen atoms in total. The molecule has 0 spiro atoms. The van der Waals surface area contributed by atoms with Gasteiger partial charge in [0.1, 0.15) is 0 Å². The second kappa shape index (κ2) is 5.50. The van der Waals surface area contributed by atoms with E-state index in [0.29, 0.717) is 0 Å². The van der Waals surface area contributed by atoms with Crippen LogP contribution < -0.4 is 5.32 Å². The minimum Gasteiger partial charge on any atom is -0.312 e. The third kappa shape index (κ3) is 3.07. The summed E-state index contributed by atoms with van der Waals surface area (Å²) in [5.41, 5.74) is 2.98. The van der Waals surface area contributed by atoms with Gasteiger partial charge in [-0.15, -0.1) is 0 Å². The Morgan fingerprint density at radius 2 is 1.80 bits per heavy atom. The lowest BCUT2D eigenvalue weighted by Gasteiger charge is -2.15. The van der Waals surface area contributed by atoms with Crippen LogP contribution in [0.2, 0.25) is 0 Å². The first kappa shape index (κ1) is 12.8. The number of benzene rings is 1. The van der Waals surface area contributed by atoms with Crippen LogP contribution in [0.1, 0.15) is 49.1 Å². The van der Waals surface area contributed by atoms with Crippen molar-refractivity contribution in [3.63, 3.8) is 0 Å². The molecule has 108 valence electrons. The summed E-state index contributed by atoms with van der Waals surface area (Å²) >= 11 is 0. The Bertz CT molecular complexity index is 445. The fraction of sp³-hybridized carbons (Fsp3) is 0.667. The molecule has 0 bridgehead atoms. The highest BCUT2D eigenvalue weighted by atomic mass is 15.2. The molecule has 1 aromatic rings. The second-order valence-corrected chi connectivity index (χ2v) is 7.03. The van der Waals surface area contributed by atoms with Gasteiger partial charge in [0.05, 0.1) is 0 Å². The lowest BCUT2D eigenvalue weighted by molar-refractivity contribution is 0.312. The molecule has 0 radical (unpaired) electrons. The van der Waals surface area contributed by atoms with Crippen molar-refractivity contribution in [1.29, 1.82) is 0 Å². The minimum atomic E-state index is 0.876. The predicted molar refractivity (Wildman–Crippen MR) is 82.8 cm³/mol. The van der Waals surface area contributed by atoms with E-state index in [4.69, 9.17) is 0 Å². The van der Waals surface area contributed by atoms with Crippen molar-refractivity contribution >= 4 is 0 Å². The molecule has 2 saturated carbocycles. The fourth-order valence-corrected chi connectivity index (χ4v) is 3.55. The van der Waals surface area contributed by atoms with Crippen LogP contribution in [0.4, 0.5) is 0 Å². The molecule has 20 heavy (non-hydrogen) atoms. The maximum absolute atomic E-state index is 3.66. The van der Waals surface area contributed by atoms with Crippen molar-refractivity contribution in [3.05, 3.63) is 35.4 Å². The van der Waals surface area contributed by atoms with E-state index < -0.39 is 0 Å². The summed E-state index contributed by atoms with van der Waals surface area (Å²) in [7, 11) is 0. The Hall–Kier alpha value is -0.860. The van der Waals surface area contributed by atoms with Crippen molar-refractivity contribution in [2.45, 2.75) is 50.6 Å². The maximum Gasteiger partial charge on any atom is 0.0205 e. The minimum absolute atomic E-state index is 0.876. The monoisotopic (exact) mass is 270 g/mol. The number of rotatable bonds is 6. The highest BCUT2D eigenvalue weighted by molar-refractivity contribution is 5.27. The van der Waals surface area contributed by atoms with E-state index in [1.807, 2.05) is 0 Å². The van der Waals surface area contributed by atoms with Gasteiger partial charge >= 0.3 is 0 Å². The number of hydrogen-bond donors (Lipinski definition) is 1. The molecule has 1 heterocycles. The third-order valence-electron chi connectivity index (χ3n) is 5.17. The van der Waals surface area contributed by atoms with Crippen molar-refractivity contribution in [2.24, 2.45) is 5.92 Å². The van der Waals surface area contributed by atoms with Crippen molar-refractivity contribution in [3.8, 4) is 0 Å². The zero-order valence-electron chi connectivity index (χ0n) is 12.4. The van der Waals surface area contributed by atoms with Crippen molar-refractivity contribution in [2.75, 3.05) is 19.6 Å².